The van der Waals surface area contributed by atoms with E-state index in [1.165, 1.54) is 27.1 Å². The summed E-state index contributed by atoms with van der Waals surface area (Å²) in [6.07, 6.45) is -4.80. The minimum atomic E-state index is -4.67. The first-order chi connectivity index (χ1) is 14.4. The van der Waals surface area contributed by atoms with Crippen molar-refractivity contribution in [2.45, 2.75) is 19.5 Å². The van der Waals surface area contributed by atoms with Crippen LogP contribution in [0.25, 0.3) is 0 Å². The van der Waals surface area contributed by atoms with E-state index in [4.69, 9.17) is 16.3 Å². The summed E-state index contributed by atoms with van der Waals surface area (Å²) in [4.78, 5) is 37.4. The summed E-state index contributed by atoms with van der Waals surface area (Å²) in [5, 5.41) is 1.83. The van der Waals surface area contributed by atoms with Crippen LogP contribution in [-0.4, -0.2) is 43.2 Å². The van der Waals surface area contributed by atoms with Gasteiger partial charge in [0.15, 0.2) is 5.78 Å². The van der Waals surface area contributed by atoms with Gasteiger partial charge in [-0.25, -0.2) is 0 Å². The van der Waals surface area contributed by atoms with Gasteiger partial charge in [-0.05, 0) is 43.3 Å². The zero-order valence-corrected chi connectivity index (χ0v) is 17.7. The molecule has 2 aromatic carbocycles. The lowest BCUT2D eigenvalue weighted by atomic mass is 10.0. The molecule has 1 N–H and O–H groups in total. The van der Waals surface area contributed by atoms with Crippen LogP contribution in [0.2, 0.25) is 5.02 Å². The van der Waals surface area contributed by atoms with Crippen LogP contribution in [0.5, 0.6) is 5.75 Å². The van der Waals surface area contributed by atoms with Gasteiger partial charge in [0, 0.05) is 23.9 Å². The molecular formula is C21H20ClF3N2O4. The van der Waals surface area contributed by atoms with Crippen molar-refractivity contribution in [1.82, 2.24) is 4.90 Å². The van der Waals surface area contributed by atoms with Gasteiger partial charge in [-0.15, -0.1) is 0 Å². The van der Waals surface area contributed by atoms with E-state index in [-0.39, 0.29) is 17.9 Å². The van der Waals surface area contributed by atoms with E-state index >= 15 is 0 Å². The Morgan fingerprint density at radius 2 is 1.81 bits per heavy atom. The minimum absolute atomic E-state index is 0.0987. The number of carbonyl (C=O) groups excluding carboxylic acids is 3. The van der Waals surface area contributed by atoms with Crippen molar-refractivity contribution >= 4 is 34.9 Å². The van der Waals surface area contributed by atoms with Crippen LogP contribution in [0.15, 0.2) is 36.4 Å². The second-order valence-corrected chi connectivity index (χ2v) is 7.16. The predicted molar refractivity (Wildman–Crippen MR) is 109 cm³/mol. The number of hydrogen-bond acceptors (Lipinski definition) is 4. The molecule has 0 radical (unpaired) electrons. The van der Waals surface area contributed by atoms with E-state index in [0.717, 1.165) is 17.0 Å². The van der Waals surface area contributed by atoms with Gasteiger partial charge in [-0.1, -0.05) is 11.6 Å². The number of nitrogens with one attached hydrogen (secondary N) is 1. The lowest BCUT2D eigenvalue weighted by Crippen LogP contribution is -2.36. The predicted octanol–water partition coefficient (Wildman–Crippen LogP) is 4.21. The molecule has 0 atom stereocenters. The molecule has 0 aliphatic carbocycles. The molecule has 6 nitrogen and oxygen atoms in total. The average Bonchev–Trinajstić information content (AvgIpc) is 2.68. The summed E-state index contributed by atoms with van der Waals surface area (Å²) in [5.41, 5.74) is -0.292. The molecule has 0 saturated carbocycles. The first-order valence-corrected chi connectivity index (χ1v) is 9.38. The third kappa shape index (κ3) is 6.45. The van der Waals surface area contributed by atoms with Crippen molar-refractivity contribution in [3.63, 3.8) is 0 Å². The number of rotatable bonds is 7. The molecule has 0 aliphatic heterocycles. The Bertz CT molecular complexity index is 1010. The van der Waals surface area contributed by atoms with E-state index in [1.807, 2.05) is 0 Å². The Morgan fingerprint density at radius 1 is 1.13 bits per heavy atom. The second-order valence-electron chi connectivity index (χ2n) is 6.75. The Balaban J connectivity index is 2.06. The molecule has 0 unspecified atom stereocenters. The molecule has 10 heteroatoms. The first-order valence-electron chi connectivity index (χ1n) is 9.00. The number of benzene rings is 2. The second kappa shape index (κ2) is 9.82. The molecule has 0 heterocycles. The zero-order chi connectivity index (χ0) is 23.3. The van der Waals surface area contributed by atoms with Gasteiger partial charge in [-0.3, -0.25) is 14.4 Å². The summed E-state index contributed by atoms with van der Waals surface area (Å²) in [6.45, 7) is 1.00. The summed E-state index contributed by atoms with van der Waals surface area (Å²) in [6, 6.07) is 7.68. The van der Waals surface area contributed by atoms with Crippen molar-refractivity contribution < 1.29 is 32.3 Å². The molecule has 166 valence electrons. The number of likely N-dealkylation sites (N-methyl/N-ethyl adjacent to an activating group) is 1. The Kier molecular flexibility index (Phi) is 7.67. The van der Waals surface area contributed by atoms with Crippen LogP contribution in [0.1, 0.15) is 28.4 Å². The largest absolute Gasteiger partial charge is 0.496 e. The number of halogens is 4. The number of hydrogen-bond donors (Lipinski definition) is 1. The maximum atomic E-state index is 12.9. The normalized spacial score (nSPS) is 11.1. The van der Waals surface area contributed by atoms with E-state index in [9.17, 15) is 27.6 Å². The highest BCUT2D eigenvalue weighted by atomic mass is 35.5. The lowest BCUT2D eigenvalue weighted by molar-refractivity contribution is -0.137. The van der Waals surface area contributed by atoms with Crippen molar-refractivity contribution in [1.29, 1.82) is 0 Å². The fraction of sp³-hybridized carbons (Fsp3) is 0.286. The molecule has 0 spiro atoms. The number of ketones is 1. The number of Topliss-reactive ketones (excluding diaryl/α,β-unsaturated/α-hetero) is 1. The molecule has 0 saturated heterocycles. The third-order valence-corrected chi connectivity index (χ3v) is 4.72. The minimum Gasteiger partial charge on any atom is -0.496 e. The monoisotopic (exact) mass is 456 g/mol. The number of alkyl halides is 3. The van der Waals surface area contributed by atoms with E-state index in [2.05, 4.69) is 5.32 Å². The maximum absolute atomic E-state index is 12.9. The van der Waals surface area contributed by atoms with Gasteiger partial charge in [-0.2, -0.15) is 13.2 Å². The highest BCUT2D eigenvalue weighted by Gasteiger charge is 2.33. The Hall–Kier alpha value is -3.07. The maximum Gasteiger partial charge on any atom is 0.417 e. The molecule has 0 aliphatic rings. The van der Waals surface area contributed by atoms with Crippen LogP contribution in [0.4, 0.5) is 18.9 Å². The van der Waals surface area contributed by atoms with Crippen molar-refractivity contribution in [3.05, 3.63) is 58.1 Å². The van der Waals surface area contributed by atoms with E-state index in [1.54, 1.807) is 18.2 Å². The summed E-state index contributed by atoms with van der Waals surface area (Å²) >= 11 is 5.56. The van der Waals surface area contributed by atoms with Crippen molar-refractivity contribution in [2.75, 3.05) is 26.0 Å². The van der Waals surface area contributed by atoms with Gasteiger partial charge in [0.25, 0.3) is 0 Å². The Morgan fingerprint density at radius 3 is 2.39 bits per heavy atom. The fourth-order valence-electron chi connectivity index (χ4n) is 2.76. The van der Waals surface area contributed by atoms with Crippen molar-refractivity contribution in [3.8, 4) is 5.75 Å². The number of ether oxygens (including phenoxy) is 1. The fourth-order valence-corrected chi connectivity index (χ4v) is 2.98. The van der Waals surface area contributed by atoms with Gasteiger partial charge in [0.1, 0.15) is 5.75 Å². The van der Waals surface area contributed by atoms with Crippen molar-refractivity contribution in [2.24, 2.45) is 0 Å². The highest BCUT2D eigenvalue weighted by molar-refractivity contribution is 6.31. The zero-order valence-electron chi connectivity index (χ0n) is 17.0. The molecule has 0 aromatic heterocycles. The summed E-state index contributed by atoms with van der Waals surface area (Å²) in [7, 11) is 2.81. The smallest absolute Gasteiger partial charge is 0.417 e. The van der Waals surface area contributed by atoms with Crippen LogP contribution in [0.3, 0.4) is 0 Å². The quantitative estimate of drug-likeness (QED) is 0.633. The van der Waals surface area contributed by atoms with Gasteiger partial charge >= 0.3 is 6.18 Å². The number of nitrogens with zero attached hydrogens (tertiary/aromatic N) is 1. The number of anilines is 1. The molecule has 31 heavy (non-hydrogen) atoms. The van der Waals surface area contributed by atoms with Gasteiger partial charge < -0.3 is 15.0 Å². The molecule has 2 rings (SSSR count). The average molecular weight is 457 g/mol. The topological polar surface area (TPSA) is 75.7 Å². The standard InChI is InChI=1S/C21H20ClF3N2O4/c1-12(28)13-4-7-18(31-3)14(8-13)9-20(30)27(2)11-19(29)26-15-5-6-17(22)16(10-15)21(23,24)25/h4-8,10H,9,11H2,1-3H3,(H,26,29). The lowest BCUT2D eigenvalue weighted by Gasteiger charge is -2.18. The SMILES string of the molecule is COc1ccc(C(C)=O)cc1CC(=O)N(C)CC(=O)Nc1ccc(Cl)c(C(F)(F)F)c1. The molecule has 0 bridgehead atoms. The number of methoxy groups -OCH3 is 1. The Labute approximate surface area is 181 Å². The van der Waals surface area contributed by atoms with Gasteiger partial charge in [0.05, 0.1) is 30.7 Å². The number of amides is 2. The van der Waals surface area contributed by atoms with E-state index in [0.29, 0.717) is 16.9 Å². The summed E-state index contributed by atoms with van der Waals surface area (Å²) < 4.78 is 44.0. The molecule has 2 amide bonds. The number of carbonyl (C=O) groups is 3. The molecular weight excluding hydrogens is 437 g/mol. The summed E-state index contributed by atoms with van der Waals surface area (Å²) in [5.74, 6) is -0.890. The van der Waals surface area contributed by atoms with Crippen LogP contribution < -0.4 is 10.1 Å². The first kappa shape index (κ1) is 24.2. The third-order valence-electron chi connectivity index (χ3n) is 4.39. The van der Waals surface area contributed by atoms with Crippen LogP contribution >= 0.6 is 11.6 Å². The van der Waals surface area contributed by atoms with Crippen LogP contribution in [-0.2, 0) is 22.2 Å². The molecule has 2 aromatic rings. The van der Waals surface area contributed by atoms with E-state index < -0.39 is 35.1 Å². The molecule has 0 fully saturated rings. The van der Waals surface area contributed by atoms with Gasteiger partial charge in [0.2, 0.25) is 11.8 Å². The highest BCUT2D eigenvalue weighted by Crippen LogP contribution is 2.36. The van der Waals surface area contributed by atoms with Crippen LogP contribution in [0, 0.1) is 0 Å².